The van der Waals surface area contributed by atoms with E-state index in [1.165, 1.54) is 0 Å². The highest BCUT2D eigenvalue weighted by Gasteiger charge is 2.55. The molecule has 28 heavy (non-hydrogen) atoms. The molecule has 2 aromatic rings. The van der Waals surface area contributed by atoms with Gasteiger partial charge >= 0.3 is 5.97 Å². The largest absolute Gasteiger partial charge is 0.456 e. The molecule has 142 valence electrons. The van der Waals surface area contributed by atoms with Crippen molar-refractivity contribution in [1.29, 1.82) is 0 Å². The Morgan fingerprint density at radius 3 is 2.43 bits per heavy atom. The number of fused-ring (bicyclic) bond motifs is 1. The van der Waals surface area contributed by atoms with Gasteiger partial charge in [-0.1, -0.05) is 49.4 Å². The van der Waals surface area contributed by atoms with E-state index in [4.69, 9.17) is 4.74 Å². The fraction of sp³-hybridized carbons (Fsp3) is 0.238. The van der Waals surface area contributed by atoms with E-state index in [1.54, 1.807) is 12.1 Å². The molecule has 1 N–H and O–H groups in total. The van der Waals surface area contributed by atoms with Crippen LogP contribution in [-0.2, 0) is 32.1 Å². The Balaban J connectivity index is 1.50. The number of aryl methyl sites for hydroxylation is 1. The molecule has 0 spiro atoms. The fourth-order valence-electron chi connectivity index (χ4n) is 3.39. The number of ether oxygens (including phenoxy) is 1. The molecule has 7 heteroatoms. The summed E-state index contributed by atoms with van der Waals surface area (Å²) >= 11 is 0. The molecule has 4 rings (SSSR count). The smallest absolute Gasteiger partial charge is 0.355 e. The van der Waals surface area contributed by atoms with Crippen molar-refractivity contribution in [1.82, 2.24) is 5.43 Å². The minimum atomic E-state index is -0.971. The third-order valence-corrected chi connectivity index (χ3v) is 4.95. The molecule has 1 saturated heterocycles. The minimum Gasteiger partial charge on any atom is -0.456 e. The summed E-state index contributed by atoms with van der Waals surface area (Å²) in [5, 5.41) is 3.91. The van der Waals surface area contributed by atoms with Crippen molar-refractivity contribution in [2.24, 2.45) is 11.0 Å². The second kappa shape index (κ2) is 7.26. The Morgan fingerprint density at radius 2 is 1.75 bits per heavy atom. The van der Waals surface area contributed by atoms with E-state index >= 15 is 0 Å². The van der Waals surface area contributed by atoms with E-state index in [9.17, 15) is 14.4 Å². The average Bonchev–Trinajstić information content (AvgIpc) is 3.27. The monoisotopic (exact) mass is 377 g/mol. The van der Waals surface area contributed by atoms with Gasteiger partial charge in [0.05, 0.1) is 5.69 Å². The van der Waals surface area contributed by atoms with Crippen LogP contribution in [0.3, 0.4) is 0 Å². The predicted octanol–water partition coefficient (Wildman–Crippen LogP) is 1.81. The van der Waals surface area contributed by atoms with Gasteiger partial charge in [-0.15, -0.1) is 0 Å². The minimum absolute atomic E-state index is 0.0630. The number of rotatable bonds is 5. The number of esters is 1. The Bertz CT molecular complexity index is 953. The molecule has 0 aromatic heterocycles. The molecule has 7 nitrogen and oxygen atoms in total. The summed E-state index contributed by atoms with van der Waals surface area (Å²) in [6.45, 7) is 2.10. The number of hydrogen-bond acceptors (Lipinski definition) is 6. The summed E-state index contributed by atoms with van der Waals surface area (Å²) in [6, 6.07) is 15.6. The number of imide groups is 1. The van der Waals surface area contributed by atoms with Gasteiger partial charge in [0.2, 0.25) is 5.91 Å². The number of hydrazone groups is 1. The van der Waals surface area contributed by atoms with Crippen LogP contribution in [0, 0.1) is 5.92 Å². The first-order valence-electron chi connectivity index (χ1n) is 9.11. The molecule has 2 aliphatic heterocycles. The van der Waals surface area contributed by atoms with Crippen LogP contribution in [0.4, 0.5) is 5.69 Å². The summed E-state index contributed by atoms with van der Waals surface area (Å²) < 4.78 is 5.28. The highest BCUT2D eigenvalue weighted by Crippen LogP contribution is 2.31. The van der Waals surface area contributed by atoms with Gasteiger partial charge in [-0.2, -0.15) is 5.10 Å². The number of nitrogens with zero attached hydrogens (tertiary/aromatic N) is 2. The average molecular weight is 377 g/mol. The molecule has 2 atom stereocenters. The van der Waals surface area contributed by atoms with Crippen LogP contribution in [0.5, 0.6) is 0 Å². The lowest BCUT2D eigenvalue weighted by Crippen LogP contribution is -2.36. The Labute approximate surface area is 162 Å². The van der Waals surface area contributed by atoms with Gasteiger partial charge in [-0.05, 0) is 29.7 Å². The van der Waals surface area contributed by atoms with Crippen LogP contribution < -0.4 is 10.3 Å². The van der Waals surface area contributed by atoms with E-state index in [-0.39, 0.29) is 12.3 Å². The highest BCUT2D eigenvalue weighted by molar-refractivity contribution is 6.46. The molecular formula is C21H19N3O4. The zero-order valence-corrected chi connectivity index (χ0v) is 15.3. The zero-order valence-electron chi connectivity index (χ0n) is 15.3. The molecule has 1 fully saturated rings. The molecule has 0 radical (unpaired) electrons. The number of carbonyl (C=O) groups is 3. The number of amides is 2. The van der Waals surface area contributed by atoms with Gasteiger partial charge < -0.3 is 4.74 Å². The number of anilines is 1. The molecule has 2 aliphatic rings. The lowest BCUT2D eigenvalue weighted by molar-refractivity contribution is -0.137. The number of carbonyl (C=O) groups excluding carboxylic acids is 3. The molecule has 0 saturated carbocycles. The lowest BCUT2D eigenvalue weighted by Gasteiger charge is -2.16. The first-order chi connectivity index (χ1) is 13.6. The number of benzene rings is 2. The van der Waals surface area contributed by atoms with Crippen molar-refractivity contribution >= 4 is 29.2 Å². The van der Waals surface area contributed by atoms with Crippen LogP contribution in [0.1, 0.15) is 18.1 Å². The van der Waals surface area contributed by atoms with Crippen LogP contribution >= 0.6 is 0 Å². The number of hydrogen-bond donors (Lipinski definition) is 1. The fourth-order valence-corrected chi connectivity index (χ4v) is 3.39. The van der Waals surface area contributed by atoms with Crippen LogP contribution in [0.2, 0.25) is 0 Å². The normalized spacial score (nSPS) is 20.6. The van der Waals surface area contributed by atoms with Gasteiger partial charge in [0.1, 0.15) is 18.6 Å². The van der Waals surface area contributed by atoms with Crippen molar-refractivity contribution in [3.05, 3.63) is 65.7 Å². The van der Waals surface area contributed by atoms with E-state index < -0.39 is 29.7 Å². The molecule has 0 unspecified atom stereocenters. The van der Waals surface area contributed by atoms with Gasteiger partial charge in [0.15, 0.2) is 5.71 Å². The van der Waals surface area contributed by atoms with E-state index in [0.29, 0.717) is 5.69 Å². The maximum absolute atomic E-state index is 12.9. The van der Waals surface area contributed by atoms with Crippen molar-refractivity contribution in [3.63, 3.8) is 0 Å². The Hall–Kier alpha value is -3.48. The van der Waals surface area contributed by atoms with Crippen molar-refractivity contribution < 1.29 is 19.1 Å². The Kier molecular flexibility index (Phi) is 4.65. The molecule has 0 bridgehead atoms. The second-order valence-electron chi connectivity index (χ2n) is 6.68. The van der Waals surface area contributed by atoms with Crippen LogP contribution in [-0.4, -0.2) is 29.5 Å². The first-order valence-corrected chi connectivity index (χ1v) is 9.11. The summed E-state index contributed by atoms with van der Waals surface area (Å²) in [5.74, 6) is -2.57. The molecule has 2 aromatic carbocycles. The van der Waals surface area contributed by atoms with E-state index in [0.717, 1.165) is 22.4 Å². The second-order valence-corrected chi connectivity index (χ2v) is 6.68. The quantitative estimate of drug-likeness (QED) is 0.634. The summed E-state index contributed by atoms with van der Waals surface area (Å²) in [4.78, 5) is 39.2. The first kappa shape index (κ1) is 17.9. The maximum Gasteiger partial charge on any atom is 0.355 e. The van der Waals surface area contributed by atoms with Gasteiger partial charge in [0, 0.05) is 0 Å². The number of nitrogens with one attached hydrogen (secondary N) is 1. The molecule has 2 amide bonds. The third kappa shape index (κ3) is 3.05. The van der Waals surface area contributed by atoms with Gasteiger partial charge in [-0.3, -0.25) is 15.0 Å². The van der Waals surface area contributed by atoms with Gasteiger partial charge in [0.25, 0.3) is 5.91 Å². The van der Waals surface area contributed by atoms with Gasteiger partial charge in [-0.25, -0.2) is 9.69 Å². The maximum atomic E-state index is 12.9. The van der Waals surface area contributed by atoms with Crippen molar-refractivity contribution in [2.45, 2.75) is 26.0 Å². The molecular weight excluding hydrogens is 358 g/mol. The topological polar surface area (TPSA) is 88.1 Å². The zero-order chi connectivity index (χ0) is 19.7. The van der Waals surface area contributed by atoms with Crippen molar-refractivity contribution in [3.8, 4) is 0 Å². The SMILES string of the molecule is CCc1ccc(N2C(=O)[C@@H]3C(C(=O)OCc4ccccc4)=NN[C@@H]3C2=O)cc1. The highest BCUT2D eigenvalue weighted by atomic mass is 16.5. The predicted molar refractivity (Wildman–Crippen MR) is 102 cm³/mol. The van der Waals surface area contributed by atoms with Crippen LogP contribution in [0.15, 0.2) is 59.7 Å². The summed E-state index contributed by atoms with van der Waals surface area (Å²) in [7, 11) is 0. The van der Waals surface area contributed by atoms with Crippen LogP contribution in [0.25, 0.3) is 0 Å². The molecule has 2 heterocycles. The molecule has 0 aliphatic carbocycles. The van der Waals surface area contributed by atoms with E-state index in [2.05, 4.69) is 10.5 Å². The summed E-state index contributed by atoms with van der Waals surface area (Å²) in [5.41, 5.74) is 4.98. The van der Waals surface area contributed by atoms with E-state index in [1.807, 2.05) is 49.4 Å². The Morgan fingerprint density at radius 1 is 1.04 bits per heavy atom. The lowest BCUT2D eigenvalue weighted by atomic mass is 9.99. The summed E-state index contributed by atoms with van der Waals surface area (Å²) in [6.07, 6.45) is 0.860. The van der Waals surface area contributed by atoms with Crippen molar-refractivity contribution in [2.75, 3.05) is 4.90 Å². The standard InChI is InChI=1S/C21H19N3O4/c1-2-13-8-10-15(11-9-13)24-19(25)16-17(20(24)26)22-23-18(16)21(27)28-12-14-6-4-3-5-7-14/h3-11,16-17,22H,2,12H2,1H3/t16-,17-/m0/s1. The third-order valence-electron chi connectivity index (χ3n) is 4.95.